The second-order valence-electron chi connectivity index (χ2n) is 5.97. The Labute approximate surface area is 123 Å². The van der Waals surface area contributed by atoms with Gasteiger partial charge in [-0.2, -0.15) is 0 Å². The van der Waals surface area contributed by atoms with Crippen molar-refractivity contribution in [3.8, 4) is 0 Å². The van der Waals surface area contributed by atoms with Crippen LogP contribution in [0.3, 0.4) is 0 Å². The molecule has 7 heteroatoms. The van der Waals surface area contributed by atoms with Crippen LogP contribution in [0.1, 0.15) is 31.1 Å². The molecular formula is C14H18N4O2S. The Bertz CT molecular complexity index is 779. The standard InChI is InChI=1S/C14H18N4O2S/c19-21(20)6-4-10(9-21)16-8-14-17-12-7-15-5-3-13(12)18(14)11-1-2-11/h3,5,7,10-11,16H,1-2,4,6,8-9H2. The summed E-state index contributed by atoms with van der Waals surface area (Å²) in [7, 11) is -2.84. The van der Waals surface area contributed by atoms with Gasteiger partial charge >= 0.3 is 0 Å². The molecule has 1 atom stereocenters. The van der Waals surface area contributed by atoms with Gasteiger partial charge in [-0.15, -0.1) is 0 Å². The summed E-state index contributed by atoms with van der Waals surface area (Å²) < 4.78 is 25.3. The van der Waals surface area contributed by atoms with Crippen molar-refractivity contribution in [2.24, 2.45) is 0 Å². The van der Waals surface area contributed by atoms with Crippen LogP contribution in [0, 0.1) is 0 Å². The van der Waals surface area contributed by atoms with Crippen LogP contribution in [-0.4, -0.2) is 40.5 Å². The molecule has 0 aromatic carbocycles. The second kappa shape index (κ2) is 4.78. The first-order chi connectivity index (χ1) is 10.1. The van der Waals surface area contributed by atoms with Crippen molar-refractivity contribution in [1.29, 1.82) is 0 Å². The lowest BCUT2D eigenvalue weighted by molar-refractivity contribution is 0.527. The number of nitrogens with one attached hydrogen (secondary N) is 1. The number of imidazole rings is 1. The largest absolute Gasteiger partial charge is 0.324 e. The number of aromatic nitrogens is 3. The van der Waals surface area contributed by atoms with Crippen molar-refractivity contribution in [1.82, 2.24) is 19.9 Å². The molecule has 0 bridgehead atoms. The highest BCUT2D eigenvalue weighted by atomic mass is 32.2. The minimum Gasteiger partial charge on any atom is -0.324 e. The van der Waals surface area contributed by atoms with Gasteiger partial charge in [0.1, 0.15) is 11.3 Å². The van der Waals surface area contributed by atoms with Crippen LogP contribution in [-0.2, 0) is 16.4 Å². The molecule has 112 valence electrons. The van der Waals surface area contributed by atoms with Gasteiger partial charge in [0.2, 0.25) is 0 Å². The SMILES string of the molecule is O=S1(=O)CCC(NCc2nc3cnccc3n2C2CC2)C1. The summed E-state index contributed by atoms with van der Waals surface area (Å²) in [6.45, 7) is 0.616. The van der Waals surface area contributed by atoms with Gasteiger partial charge in [0.05, 0.1) is 29.8 Å². The van der Waals surface area contributed by atoms with E-state index in [1.54, 1.807) is 12.4 Å². The molecule has 1 aliphatic heterocycles. The predicted octanol–water partition coefficient (Wildman–Crippen LogP) is 1.04. The Balaban J connectivity index is 1.57. The summed E-state index contributed by atoms with van der Waals surface area (Å²) in [6.07, 6.45) is 6.67. The van der Waals surface area contributed by atoms with Crippen molar-refractivity contribution in [2.75, 3.05) is 11.5 Å². The van der Waals surface area contributed by atoms with Crippen molar-refractivity contribution in [3.05, 3.63) is 24.3 Å². The summed E-state index contributed by atoms with van der Waals surface area (Å²) in [5, 5.41) is 3.35. The molecule has 1 saturated carbocycles. The normalized spacial score (nSPS) is 24.7. The fourth-order valence-corrected chi connectivity index (χ4v) is 4.76. The first kappa shape index (κ1) is 13.2. The third kappa shape index (κ3) is 2.55. The van der Waals surface area contributed by atoms with Gasteiger partial charge in [-0.25, -0.2) is 13.4 Å². The van der Waals surface area contributed by atoms with Crippen LogP contribution in [0.5, 0.6) is 0 Å². The predicted molar refractivity (Wildman–Crippen MR) is 79.7 cm³/mol. The first-order valence-electron chi connectivity index (χ1n) is 7.37. The lowest BCUT2D eigenvalue weighted by Crippen LogP contribution is -2.30. The molecule has 2 aliphatic rings. The molecule has 1 N–H and O–H groups in total. The van der Waals surface area contributed by atoms with Crippen LogP contribution in [0.15, 0.2) is 18.5 Å². The molecule has 1 saturated heterocycles. The highest BCUT2D eigenvalue weighted by Gasteiger charge is 2.30. The zero-order chi connectivity index (χ0) is 14.4. The van der Waals surface area contributed by atoms with Crippen molar-refractivity contribution < 1.29 is 8.42 Å². The van der Waals surface area contributed by atoms with E-state index in [4.69, 9.17) is 0 Å². The second-order valence-corrected chi connectivity index (χ2v) is 8.20. The molecular weight excluding hydrogens is 288 g/mol. The summed E-state index contributed by atoms with van der Waals surface area (Å²) >= 11 is 0. The van der Waals surface area contributed by atoms with Gasteiger partial charge in [-0.05, 0) is 25.3 Å². The Kier molecular flexibility index (Phi) is 3.00. The Morgan fingerprint density at radius 2 is 2.19 bits per heavy atom. The van der Waals surface area contributed by atoms with E-state index in [0.717, 1.165) is 16.9 Å². The Morgan fingerprint density at radius 3 is 2.90 bits per heavy atom. The van der Waals surface area contributed by atoms with Crippen molar-refractivity contribution >= 4 is 20.9 Å². The smallest absolute Gasteiger partial charge is 0.151 e. The zero-order valence-corrected chi connectivity index (χ0v) is 12.5. The maximum absolute atomic E-state index is 11.5. The summed E-state index contributed by atoms with van der Waals surface area (Å²) in [5.41, 5.74) is 2.04. The molecule has 1 unspecified atom stereocenters. The topological polar surface area (TPSA) is 76.9 Å². The summed E-state index contributed by atoms with van der Waals surface area (Å²) in [6, 6.07) is 2.60. The van der Waals surface area contributed by atoms with Gasteiger partial charge in [0.25, 0.3) is 0 Å². The first-order valence-corrected chi connectivity index (χ1v) is 9.19. The van der Waals surface area contributed by atoms with Gasteiger partial charge in [0.15, 0.2) is 9.84 Å². The molecule has 3 heterocycles. The zero-order valence-electron chi connectivity index (χ0n) is 11.7. The average molecular weight is 306 g/mol. The lowest BCUT2D eigenvalue weighted by Gasteiger charge is -2.12. The fraction of sp³-hybridized carbons (Fsp3) is 0.571. The number of fused-ring (bicyclic) bond motifs is 1. The Morgan fingerprint density at radius 1 is 1.33 bits per heavy atom. The van der Waals surface area contributed by atoms with Crippen LogP contribution >= 0.6 is 0 Å². The van der Waals surface area contributed by atoms with Gasteiger partial charge in [-0.3, -0.25) is 4.98 Å². The fourth-order valence-electron chi connectivity index (χ4n) is 3.06. The van der Waals surface area contributed by atoms with E-state index in [1.165, 1.54) is 12.8 Å². The molecule has 2 aromatic heterocycles. The molecule has 0 radical (unpaired) electrons. The van der Waals surface area contributed by atoms with Crippen LogP contribution in [0.25, 0.3) is 11.0 Å². The lowest BCUT2D eigenvalue weighted by atomic mass is 10.2. The molecule has 2 aromatic rings. The minimum atomic E-state index is -2.84. The van der Waals surface area contributed by atoms with E-state index in [1.807, 2.05) is 6.07 Å². The Hall–Kier alpha value is -1.47. The quantitative estimate of drug-likeness (QED) is 0.913. The summed E-state index contributed by atoms with van der Waals surface area (Å²) in [5.74, 6) is 1.54. The maximum Gasteiger partial charge on any atom is 0.151 e. The van der Waals surface area contributed by atoms with Crippen molar-refractivity contribution in [2.45, 2.75) is 37.9 Å². The molecule has 0 amide bonds. The van der Waals surface area contributed by atoms with E-state index in [9.17, 15) is 8.42 Å². The third-order valence-electron chi connectivity index (χ3n) is 4.26. The third-order valence-corrected chi connectivity index (χ3v) is 6.03. The van der Waals surface area contributed by atoms with Crippen molar-refractivity contribution in [3.63, 3.8) is 0 Å². The maximum atomic E-state index is 11.5. The molecule has 21 heavy (non-hydrogen) atoms. The number of sulfone groups is 1. The van der Waals surface area contributed by atoms with Gasteiger partial charge in [-0.1, -0.05) is 0 Å². The molecule has 2 fully saturated rings. The average Bonchev–Trinajstić information content (AvgIpc) is 3.13. The van der Waals surface area contributed by atoms with Gasteiger partial charge in [0, 0.05) is 18.3 Å². The van der Waals surface area contributed by atoms with E-state index in [-0.39, 0.29) is 11.8 Å². The van der Waals surface area contributed by atoms with E-state index in [0.29, 0.717) is 24.8 Å². The number of pyridine rings is 1. The highest BCUT2D eigenvalue weighted by Crippen LogP contribution is 2.38. The van der Waals surface area contributed by atoms with E-state index >= 15 is 0 Å². The molecule has 4 rings (SSSR count). The molecule has 1 aliphatic carbocycles. The highest BCUT2D eigenvalue weighted by molar-refractivity contribution is 7.91. The van der Waals surface area contributed by atoms with Crippen LogP contribution in [0.4, 0.5) is 0 Å². The molecule has 6 nitrogen and oxygen atoms in total. The number of hydrogen-bond donors (Lipinski definition) is 1. The molecule has 0 spiro atoms. The number of hydrogen-bond acceptors (Lipinski definition) is 5. The minimum absolute atomic E-state index is 0.0561. The summed E-state index contributed by atoms with van der Waals surface area (Å²) in [4.78, 5) is 8.79. The monoisotopic (exact) mass is 306 g/mol. The van der Waals surface area contributed by atoms with Gasteiger partial charge < -0.3 is 9.88 Å². The number of nitrogens with zero attached hydrogens (tertiary/aromatic N) is 3. The van der Waals surface area contributed by atoms with E-state index < -0.39 is 9.84 Å². The van der Waals surface area contributed by atoms with Crippen LogP contribution < -0.4 is 5.32 Å². The number of rotatable bonds is 4. The van der Waals surface area contributed by atoms with E-state index in [2.05, 4.69) is 19.9 Å². The van der Waals surface area contributed by atoms with Crippen LogP contribution in [0.2, 0.25) is 0 Å².